The van der Waals surface area contributed by atoms with Gasteiger partial charge < -0.3 is 10.5 Å². The van der Waals surface area contributed by atoms with E-state index in [2.05, 4.69) is 0 Å². The monoisotopic (exact) mass is 197 g/mol. The van der Waals surface area contributed by atoms with Crippen LogP contribution in [0.2, 0.25) is 0 Å². The third kappa shape index (κ3) is 1.90. The van der Waals surface area contributed by atoms with Crippen LogP contribution < -0.4 is 10.5 Å². The van der Waals surface area contributed by atoms with Gasteiger partial charge in [-0.05, 0) is 19.1 Å². The Bertz CT molecular complexity index is 352. The van der Waals surface area contributed by atoms with Gasteiger partial charge in [-0.15, -0.1) is 0 Å². The number of hydrogen-bond donors (Lipinski definition) is 1. The van der Waals surface area contributed by atoms with Gasteiger partial charge >= 0.3 is 0 Å². The fourth-order valence-corrected chi connectivity index (χ4v) is 1.20. The molecule has 14 heavy (non-hydrogen) atoms. The number of hydrogen-bond acceptors (Lipinski definition) is 3. The third-order valence-corrected chi connectivity index (χ3v) is 1.98. The highest BCUT2D eigenvalue weighted by atomic mass is 19.1. The van der Waals surface area contributed by atoms with E-state index in [0.29, 0.717) is 5.75 Å². The van der Waals surface area contributed by atoms with Crippen LogP contribution in [0.5, 0.6) is 5.75 Å². The second-order valence-electron chi connectivity index (χ2n) is 2.94. The Morgan fingerprint density at radius 3 is 2.71 bits per heavy atom. The number of nitrogens with two attached hydrogens (primary N) is 1. The van der Waals surface area contributed by atoms with Crippen molar-refractivity contribution < 1.29 is 13.9 Å². The first-order valence-corrected chi connectivity index (χ1v) is 4.16. The molecule has 0 saturated carbocycles. The summed E-state index contributed by atoms with van der Waals surface area (Å²) < 4.78 is 18.3. The molecule has 0 aliphatic rings. The van der Waals surface area contributed by atoms with E-state index in [0.717, 1.165) is 0 Å². The fraction of sp³-hybridized carbons (Fsp3) is 0.300. The zero-order valence-electron chi connectivity index (χ0n) is 8.08. The third-order valence-electron chi connectivity index (χ3n) is 1.98. The first-order valence-electron chi connectivity index (χ1n) is 4.16. The average molecular weight is 197 g/mol. The molecule has 0 aromatic heterocycles. The number of rotatable bonds is 3. The smallest absolute Gasteiger partial charge is 0.151 e. The number of halogens is 1. The molecule has 1 unspecified atom stereocenters. The van der Waals surface area contributed by atoms with Crippen molar-refractivity contribution in [3.05, 3.63) is 29.6 Å². The molecule has 1 rings (SSSR count). The van der Waals surface area contributed by atoms with Crippen LogP contribution in [0.4, 0.5) is 4.39 Å². The first-order chi connectivity index (χ1) is 6.57. The maximum Gasteiger partial charge on any atom is 0.151 e. The van der Waals surface area contributed by atoms with Gasteiger partial charge in [0, 0.05) is 0 Å². The van der Waals surface area contributed by atoms with Gasteiger partial charge in [0.25, 0.3) is 0 Å². The normalized spacial score (nSPS) is 12.3. The van der Waals surface area contributed by atoms with Crippen LogP contribution in [-0.4, -0.2) is 12.9 Å². The molecule has 0 heterocycles. The van der Waals surface area contributed by atoms with Crippen LogP contribution in [0.25, 0.3) is 0 Å². The zero-order valence-corrected chi connectivity index (χ0v) is 8.08. The standard InChI is InChI=1S/C10H12FNO2/c1-6(13)10(12)9-7(11)4-3-5-8(9)14-2/h3-5,10H,12H2,1-2H3. The van der Waals surface area contributed by atoms with Gasteiger partial charge in [0.2, 0.25) is 0 Å². The topological polar surface area (TPSA) is 52.3 Å². The molecule has 0 spiro atoms. The van der Waals surface area contributed by atoms with Crippen LogP contribution in [0.1, 0.15) is 18.5 Å². The molecule has 1 aromatic rings. The quantitative estimate of drug-likeness (QED) is 0.797. The van der Waals surface area contributed by atoms with Gasteiger partial charge in [-0.1, -0.05) is 6.07 Å². The molecule has 1 aromatic carbocycles. The summed E-state index contributed by atoms with van der Waals surface area (Å²) in [5.74, 6) is -0.520. The number of carbonyl (C=O) groups excluding carboxylic acids is 1. The number of carbonyl (C=O) groups is 1. The van der Waals surface area contributed by atoms with Crippen molar-refractivity contribution in [1.29, 1.82) is 0 Å². The van der Waals surface area contributed by atoms with Crippen LogP contribution >= 0.6 is 0 Å². The van der Waals surface area contributed by atoms with E-state index in [9.17, 15) is 9.18 Å². The average Bonchev–Trinajstić information content (AvgIpc) is 2.16. The van der Waals surface area contributed by atoms with Crippen LogP contribution in [0, 0.1) is 5.82 Å². The van der Waals surface area contributed by atoms with Crippen molar-refractivity contribution in [2.24, 2.45) is 5.73 Å². The maximum atomic E-state index is 13.3. The summed E-state index contributed by atoms with van der Waals surface area (Å²) in [4.78, 5) is 11.0. The summed E-state index contributed by atoms with van der Waals surface area (Å²) in [6.07, 6.45) is 0. The molecule has 3 nitrogen and oxygen atoms in total. The number of methoxy groups -OCH3 is 1. The lowest BCUT2D eigenvalue weighted by Crippen LogP contribution is -2.20. The maximum absolute atomic E-state index is 13.3. The van der Waals surface area contributed by atoms with E-state index in [1.165, 1.54) is 26.2 Å². The first kappa shape index (κ1) is 10.7. The Hall–Kier alpha value is -1.42. The van der Waals surface area contributed by atoms with E-state index in [-0.39, 0.29) is 11.3 Å². The van der Waals surface area contributed by atoms with Gasteiger partial charge in [-0.2, -0.15) is 0 Å². The van der Waals surface area contributed by atoms with Crippen molar-refractivity contribution in [2.45, 2.75) is 13.0 Å². The summed E-state index contributed by atoms with van der Waals surface area (Å²) in [5.41, 5.74) is 5.66. The minimum Gasteiger partial charge on any atom is -0.496 e. The second kappa shape index (κ2) is 4.19. The van der Waals surface area contributed by atoms with Crippen LogP contribution in [0.3, 0.4) is 0 Å². The predicted octanol–water partition coefficient (Wildman–Crippen LogP) is 1.42. The number of ketones is 1. The lowest BCUT2D eigenvalue weighted by molar-refractivity contribution is -0.118. The molecule has 0 aliphatic carbocycles. The Morgan fingerprint density at radius 2 is 2.21 bits per heavy atom. The molecular weight excluding hydrogens is 185 g/mol. The molecule has 0 aliphatic heterocycles. The van der Waals surface area contributed by atoms with Crippen molar-refractivity contribution in [1.82, 2.24) is 0 Å². The fourth-order valence-electron chi connectivity index (χ4n) is 1.20. The zero-order chi connectivity index (χ0) is 10.7. The summed E-state index contributed by atoms with van der Waals surface area (Å²) >= 11 is 0. The van der Waals surface area contributed by atoms with E-state index >= 15 is 0 Å². The summed E-state index contributed by atoms with van der Waals surface area (Å²) in [6.45, 7) is 1.32. The highest BCUT2D eigenvalue weighted by Crippen LogP contribution is 2.26. The number of benzene rings is 1. The van der Waals surface area contributed by atoms with Gasteiger partial charge in [0.1, 0.15) is 11.6 Å². The highest BCUT2D eigenvalue weighted by Gasteiger charge is 2.19. The highest BCUT2D eigenvalue weighted by molar-refractivity contribution is 5.83. The molecule has 1 atom stereocenters. The summed E-state index contributed by atoms with van der Waals surface area (Å²) in [5, 5.41) is 0. The Labute approximate surface area is 81.7 Å². The number of ether oxygens (including phenoxy) is 1. The van der Waals surface area contributed by atoms with Crippen LogP contribution in [0.15, 0.2) is 18.2 Å². The van der Waals surface area contributed by atoms with Gasteiger partial charge in [-0.3, -0.25) is 4.79 Å². The van der Waals surface area contributed by atoms with Crippen LogP contribution in [-0.2, 0) is 4.79 Å². The van der Waals surface area contributed by atoms with E-state index in [1.807, 2.05) is 0 Å². The van der Waals surface area contributed by atoms with Gasteiger partial charge in [-0.25, -0.2) is 4.39 Å². The predicted molar refractivity (Wildman–Crippen MR) is 50.6 cm³/mol. The van der Waals surface area contributed by atoms with Crippen molar-refractivity contribution in [3.63, 3.8) is 0 Å². The minimum absolute atomic E-state index is 0.113. The lowest BCUT2D eigenvalue weighted by atomic mass is 10.0. The minimum atomic E-state index is -0.967. The molecule has 0 saturated heterocycles. The number of Topliss-reactive ketones (excluding diaryl/α,β-unsaturated/α-hetero) is 1. The molecule has 0 fully saturated rings. The molecule has 76 valence electrons. The molecule has 0 amide bonds. The van der Waals surface area contributed by atoms with Crippen molar-refractivity contribution in [3.8, 4) is 5.75 Å². The van der Waals surface area contributed by atoms with E-state index < -0.39 is 11.9 Å². The largest absolute Gasteiger partial charge is 0.496 e. The van der Waals surface area contributed by atoms with Gasteiger partial charge in [0.05, 0.1) is 18.7 Å². The Kier molecular flexibility index (Phi) is 3.19. The Morgan fingerprint density at radius 1 is 1.57 bits per heavy atom. The molecular formula is C10H12FNO2. The SMILES string of the molecule is COc1cccc(F)c1C(N)C(C)=O. The molecule has 2 N–H and O–H groups in total. The lowest BCUT2D eigenvalue weighted by Gasteiger charge is -2.13. The van der Waals surface area contributed by atoms with Crippen molar-refractivity contribution in [2.75, 3.05) is 7.11 Å². The molecule has 0 bridgehead atoms. The van der Waals surface area contributed by atoms with Crippen molar-refractivity contribution >= 4 is 5.78 Å². The summed E-state index contributed by atoms with van der Waals surface area (Å²) in [7, 11) is 1.41. The van der Waals surface area contributed by atoms with Gasteiger partial charge in [0.15, 0.2) is 5.78 Å². The van der Waals surface area contributed by atoms with E-state index in [1.54, 1.807) is 6.07 Å². The second-order valence-corrected chi connectivity index (χ2v) is 2.94. The molecule has 4 heteroatoms. The Balaban J connectivity index is 3.23. The molecule has 0 radical (unpaired) electrons. The van der Waals surface area contributed by atoms with E-state index in [4.69, 9.17) is 10.5 Å². The summed E-state index contributed by atoms with van der Waals surface area (Å²) in [6, 6.07) is 3.36.